The predicted molar refractivity (Wildman–Crippen MR) is 212 cm³/mol. The number of nitrogens with one attached hydrogen (secondary N) is 4. The Balaban J connectivity index is 1.43. The number of hydrogen-bond acceptors (Lipinski definition) is 6. The fourth-order valence-corrected chi connectivity index (χ4v) is 8.35. The maximum Gasteiger partial charge on any atom is 0.246 e. The molecule has 5 atom stereocenters. The van der Waals surface area contributed by atoms with E-state index >= 15 is 0 Å². The number of nitrogens with zero attached hydrogens (tertiary/aromatic N) is 1. The van der Waals surface area contributed by atoms with Gasteiger partial charge in [0, 0.05) is 37.6 Å². The molecular formula is C41H54ClF2N5O4S. The number of hydrogen-bond donors (Lipinski definition) is 4. The van der Waals surface area contributed by atoms with Gasteiger partial charge in [-0.15, -0.1) is 0 Å². The minimum atomic E-state index is -1.46. The van der Waals surface area contributed by atoms with Crippen LogP contribution in [0.25, 0.3) is 5.57 Å². The number of carbonyl (C=O) groups excluding carboxylic acids is 3. The van der Waals surface area contributed by atoms with Gasteiger partial charge in [0.05, 0.1) is 30.7 Å². The normalized spacial score (nSPS) is 20.8. The molecule has 2 aliphatic carbocycles. The van der Waals surface area contributed by atoms with Gasteiger partial charge in [-0.1, -0.05) is 88.1 Å². The Morgan fingerprint density at radius 3 is 2.39 bits per heavy atom. The number of fused-ring (bicyclic) bond motifs is 2. The molecule has 1 heterocycles. The van der Waals surface area contributed by atoms with Gasteiger partial charge in [0.2, 0.25) is 17.7 Å². The van der Waals surface area contributed by atoms with Crippen LogP contribution in [-0.2, 0) is 32.0 Å². The molecular weight excluding hydrogens is 732 g/mol. The molecule has 5 rings (SSSR count). The number of carbonyl (C=O) groups is 3. The van der Waals surface area contributed by atoms with Crippen molar-refractivity contribution in [2.75, 3.05) is 39.4 Å². The van der Waals surface area contributed by atoms with Crippen molar-refractivity contribution in [3.8, 4) is 0 Å². The van der Waals surface area contributed by atoms with Crippen molar-refractivity contribution >= 4 is 52.1 Å². The van der Waals surface area contributed by atoms with Crippen LogP contribution in [0.3, 0.4) is 0 Å². The highest BCUT2D eigenvalue weighted by atomic mass is 35.5. The highest BCUT2D eigenvalue weighted by Crippen LogP contribution is 2.46. The fourth-order valence-electron chi connectivity index (χ4n) is 7.66. The van der Waals surface area contributed by atoms with E-state index in [9.17, 15) is 23.2 Å². The molecule has 4 N–H and O–H groups in total. The summed E-state index contributed by atoms with van der Waals surface area (Å²) in [6.07, 6.45) is 3.32. The third-order valence-electron chi connectivity index (χ3n) is 11.5. The van der Waals surface area contributed by atoms with Crippen molar-refractivity contribution in [1.29, 1.82) is 0 Å². The molecule has 0 radical (unpaired) electrons. The first kappa shape index (κ1) is 41.7. The minimum absolute atomic E-state index is 0.0303. The first-order chi connectivity index (χ1) is 25.8. The maximum absolute atomic E-state index is 14.9. The largest absolute Gasteiger partial charge is 0.379 e. The van der Waals surface area contributed by atoms with E-state index < -0.39 is 47.0 Å². The third-order valence-corrected chi connectivity index (χ3v) is 12.2. The van der Waals surface area contributed by atoms with E-state index in [-0.39, 0.29) is 30.2 Å². The van der Waals surface area contributed by atoms with Crippen LogP contribution in [0.5, 0.6) is 0 Å². The van der Waals surface area contributed by atoms with Crippen molar-refractivity contribution in [3.05, 3.63) is 75.3 Å². The zero-order valence-corrected chi connectivity index (χ0v) is 33.4. The third kappa shape index (κ3) is 10.0. The Labute approximate surface area is 328 Å². The van der Waals surface area contributed by atoms with Gasteiger partial charge < -0.3 is 26.0 Å². The minimum Gasteiger partial charge on any atom is -0.379 e. The first-order valence-corrected chi connectivity index (χ1v) is 20.1. The molecule has 13 heteroatoms. The van der Waals surface area contributed by atoms with E-state index in [1.54, 1.807) is 12.1 Å². The van der Waals surface area contributed by atoms with E-state index in [0.29, 0.717) is 67.4 Å². The molecule has 2 unspecified atom stereocenters. The van der Waals surface area contributed by atoms with Gasteiger partial charge >= 0.3 is 0 Å². The Morgan fingerprint density at radius 1 is 0.981 bits per heavy atom. The number of halogens is 3. The van der Waals surface area contributed by atoms with Gasteiger partial charge in [-0.3, -0.25) is 19.3 Å². The highest BCUT2D eigenvalue weighted by Gasteiger charge is 2.47. The van der Waals surface area contributed by atoms with Gasteiger partial charge in [-0.2, -0.15) is 0 Å². The van der Waals surface area contributed by atoms with Gasteiger partial charge in [0.15, 0.2) is 0 Å². The maximum atomic E-state index is 14.9. The zero-order chi connectivity index (χ0) is 39.0. The van der Waals surface area contributed by atoms with Crippen LogP contribution in [0, 0.1) is 23.5 Å². The van der Waals surface area contributed by atoms with Crippen molar-refractivity contribution in [1.82, 2.24) is 26.2 Å². The summed E-state index contributed by atoms with van der Waals surface area (Å²) in [6.45, 7) is 12.3. The fraction of sp³-hybridized carbons (Fsp3) is 0.561. The summed E-state index contributed by atoms with van der Waals surface area (Å²) in [7, 11) is 0. The number of ether oxygens (including phenoxy) is 1. The molecule has 294 valence electrons. The zero-order valence-electron chi connectivity index (χ0n) is 31.8. The molecule has 2 aromatic rings. The Bertz CT molecular complexity index is 1740. The van der Waals surface area contributed by atoms with Gasteiger partial charge in [0.1, 0.15) is 23.2 Å². The topological polar surface area (TPSA) is 112 Å². The molecule has 0 saturated carbocycles. The standard InChI is InChI=1S/C41H54ClF2N5O4S/c1-5-25(3)36(46-35(50)21-28-9-7-8-10-34(28)44)38(51)48-41(14-13-27-11-12-30-31(32(27)24-41)22-29(43)23-33(30)42)40(52)47-37(26(4)6-2)39(54)45-15-16-49-17-19-53-20-18-49/h7-10,22-23,25-26,36-37H,5-6,11-21,24H2,1-4H3,(H,45,54)(H,46,50)(H,47,52)(H,48,51)/t25?,26?,36-,37-,41+/m0/s1. The van der Waals surface area contributed by atoms with Crippen LogP contribution in [-0.4, -0.2) is 84.6 Å². The number of rotatable bonds is 15. The second-order valence-corrected chi connectivity index (χ2v) is 15.9. The van der Waals surface area contributed by atoms with E-state index in [1.807, 2.05) is 27.7 Å². The summed E-state index contributed by atoms with van der Waals surface area (Å²) in [6, 6.07) is 7.26. The SMILES string of the molecule is CCC(C)[C@H](NC(=O)Cc1ccccc1F)C(=O)N[C@]1(C(=O)N[C@H](C(=S)NCCN2CCOCC2)C(C)CC)CCC2=C(C1)c1cc(F)cc(Cl)c1CC2. The monoisotopic (exact) mass is 785 g/mol. The number of allylic oxidation sites excluding steroid dienone is 1. The summed E-state index contributed by atoms with van der Waals surface area (Å²) in [4.78, 5) is 45.5. The molecule has 0 spiro atoms. The predicted octanol–water partition coefficient (Wildman–Crippen LogP) is 5.91. The first-order valence-electron chi connectivity index (χ1n) is 19.3. The number of thiocarbonyl (C=S) groups is 1. The van der Waals surface area contributed by atoms with Gasteiger partial charge in [-0.05, 0) is 78.0 Å². The van der Waals surface area contributed by atoms with Crippen LogP contribution in [0.2, 0.25) is 5.02 Å². The molecule has 9 nitrogen and oxygen atoms in total. The van der Waals surface area contributed by atoms with Crippen LogP contribution < -0.4 is 21.3 Å². The molecule has 1 fully saturated rings. The van der Waals surface area contributed by atoms with Gasteiger partial charge in [-0.25, -0.2) is 8.78 Å². The van der Waals surface area contributed by atoms with Crippen molar-refractivity contribution < 1.29 is 27.9 Å². The molecule has 3 aliphatic rings. The molecule has 54 heavy (non-hydrogen) atoms. The van der Waals surface area contributed by atoms with E-state index in [1.165, 1.54) is 24.3 Å². The van der Waals surface area contributed by atoms with Crippen molar-refractivity contribution in [2.24, 2.45) is 11.8 Å². The smallest absolute Gasteiger partial charge is 0.246 e. The quantitative estimate of drug-likeness (QED) is 0.166. The Morgan fingerprint density at radius 2 is 1.69 bits per heavy atom. The summed E-state index contributed by atoms with van der Waals surface area (Å²) < 4.78 is 34.8. The lowest BCUT2D eigenvalue weighted by Crippen LogP contribution is -2.66. The lowest BCUT2D eigenvalue weighted by atomic mass is 9.70. The summed E-state index contributed by atoms with van der Waals surface area (Å²) in [5, 5.41) is 12.9. The van der Waals surface area contributed by atoms with Crippen LogP contribution in [0.15, 0.2) is 42.0 Å². The van der Waals surface area contributed by atoms with Crippen molar-refractivity contribution in [3.63, 3.8) is 0 Å². The number of benzene rings is 2. The molecule has 1 aliphatic heterocycles. The lowest BCUT2D eigenvalue weighted by molar-refractivity contribution is -0.137. The number of amides is 3. The lowest BCUT2D eigenvalue weighted by Gasteiger charge is -2.43. The summed E-state index contributed by atoms with van der Waals surface area (Å²) in [5.41, 5.74) is 2.14. The average Bonchev–Trinajstić information content (AvgIpc) is 3.16. The van der Waals surface area contributed by atoms with Crippen LogP contribution >= 0.6 is 23.8 Å². The van der Waals surface area contributed by atoms with E-state index in [0.717, 1.165) is 42.8 Å². The van der Waals surface area contributed by atoms with Crippen LogP contribution in [0.4, 0.5) is 8.78 Å². The summed E-state index contributed by atoms with van der Waals surface area (Å²) >= 11 is 12.5. The highest BCUT2D eigenvalue weighted by molar-refractivity contribution is 7.80. The molecule has 2 aromatic carbocycles. The van der Waals surface area contributed by atoms with Crippen molar-refractivity contribution in [2.45, 2.75) is 96.7 Å². The molecule has 0 aromatic heterocycles. The van der Waals surface area contributed by atoms with E-state index in [2.05, 4.69) is 26.2 Å². The summed E-state index contributed by atoms with van der Waals surface area (Å²) in [5.74, 6) is -2.76. The molecule has 1 saturated heterocycles. The number of morpholine rings is 1. The second-order valence-electron chi connectivity index (χ2n) is 15.0. The van der Waals surface area contributed by atoms with Gasteiger partial charge in [0.25, 0.3) is 0 Å². The Hall–Kier alpha value is -3.45. The second kappa shape index (κ2) is 18.9. The van der Waals surface area contributed by atoms with Crippen LogP contribution in [0.1, 0.15) is 82.9 Å². The molecule has 0 bridgehead atoms. The molecule has 3 amide bonds. The average molecular weight is 786 g/mol. The van der Waals surface area contributed by atoms with E-state index in [4.69, 9.17) is 28.6 Å². The Kier molecular flexibility index (Phi) is 14.6.